The molecule has 3 nitrogen and oxygen atoms in total. The van der Waals surface area contributed by atoms with Crippen molar-refractivity contribution in [3.05, 3.63) is 28.8 Å². The molecule has 0 atom stereocenters. The summed E-state index contributed by atoms with van der Waals surface area (Å²) in [5.74, 6) is 1.47. The van der Waals surface area contributed by atoms with Crippen molar-refractivity contribution in [3.8, 4) is 17.9 Å². The smallest absolute Gasteiger partial charge is 0.137 e. The predicted octanol–water partition coefficient (Wildman–Crippen LogP) is 5.06. The first-order valence-electron chi connectivity index (χ1n) is 8.84. The third-order valence-corrected chi connectivity index (χ3v) is 5.18. The van der Waals surface area contributed by atoms with Gasteiger partial charge in [0.15, 0.2) is 0 Å². The number of phenols is 1. The Labute approximate surface area is 139 Å². The van der Waals surface area contributed by atoms with Crippen LogP contribution in [0.5, 0.6) is 5.75 Å². The van der Waals surface area contributed by atoms with Crippen LogP contribution in [0.25, 0.3) is 0 Å². The number of nitrogens with zero attached hydrogens (tertiary/aromatic N) is 2. The molecule has 0 heterocycles. The summed E-state index contributed by atoms with van der Waals surface area (Å²) in [6.07, 6.45) is 11.1. The minimum atomic E-state index is 0.0108. The van der Waals surface area contributed by atoms with Gasteiger partial charge in [-0.3, -0.25) is 0 Å². The van der Waals surface area contributed by atoms with Gasteiger partial charge < -0.3 is 5.11 Å². The SMILES string of the molecule is CCCCCC1CCC(Cc2ccc(C#N)c(C#N)c2O)CC1. The Balaban J connectivity index is 1.92. The summed E-state index contributed by atoms with van der Waals surface area (Å²) in [6, 6.07) is 7.39. The molecule has 23 heavy (non-hydrogen) atoms. The van der Waals surface area contributed by atoms with Gasteiger partial charge in [-0.15, -0.1) is 0 Å². The highest BCUT2D eigenvalue weighted by molar-refractivity contribution is 5.56. The van der Waals surface area contributed by atoms with Crippen molar-refractivity contribution in [1.82, 2.24) is 0 Å². The Morgan fingerprint density at radius 1 is 1.04 bits per heavy atom. The van der Waals surface area contributed by atoms with Crippen molar-refractivity contribution < 1.29 is 5.11 Å². The first-order chi connectivity index (χ1) is 11.2. The summed E-state index contributed by atoms with van der Waals surface area (Å²) >= 11 is 0. The Kier molecular flexibility index (Phi) is 6.48. The molecular formula is C20H26N2O. The molecule has 0 aliphatic heterocycles. The van der Waals surface area contributed by atoms with Gasteiger partial charge in [-0.1, -0.05) is 51.5 Å². The van der Waals surface area contributed by atoms with Crippen LogP contribution >= 0.6 is 0 Å². The van der Waals surface area contributed by atoms with E-state index in [0.29, 0.717) is 5.92 Å². The molecule has 1 aromatic carbocycles. The number of benzene rings is 1. The van der Waals surface area contributed by atoms with E-state index in [1.54, 1.807) is 6.07 Å². The average Bonchev–Trinajstić information content (AvgIpc) is 2.58. The van der Waals surface area contributed by atoms with Crippen LogP contribution in [0.2, 0.25) is 0 Å². The molecule has 122 valence electrons. The topological polar surface area (TPSA) is 67.8 Å². The second-order valence-corrected chi connectivity index (χ2v) is 6.81. The summed E-state index contributed by atoms with van der Waals surface area (Å²) in [6.45, 7) is 2.25. The highest BCUT2D eigenvalue weighted by atomic mass is 16.3. The van der Waals surface area contributed by atoms with Crippen LogP contribution < -0.4 is 0 Å². The van der Waals surface area contributed by atoms with Crippen LogP contribution in [-0.4, -0.2) is 5.11 Å². The molecule has 2 rings (SSSR count). The fraction of sp³-hybridized carbons (Fsp3) is 0.600. The van der Waals surface area contributed by atoms with Gasteiger partial charge in [0.05, 0.1) is 5.56 Å². The number of aromatic hydroxyl groups is 1. The Morgan fingerprint density at radius 3 is 2.35 bits per heavy atom. The molecule has 3 heteroatoms. The van der Waals surface area contributed by atoms with Gasteiger partial charge in [-0.25, -0.2) is 0 Å². The van der Waals surface area contributed by atoms with E-state index in [4.69, 9.17) is 10.5 Å². The zero-order chi connectivity index (χ0) is 16.7. The van der Waals surface area contributed by atoms with Crippen LogP contribution in [0.1, 0.15) is 75.0 Å². The van der Waals surface area contributed by atoms with E-state index in [1.165, 1.54) is 51.4 Å². The average molecular weight is 310 g/mol. The molecule has 1 N–H and O–H groups in total. The minimum absolute atomic E-state index is 0.0108. The molecule has 0 bridgehead atoms. The van der Waals surface area contributed by atoms with Crippen molar-refractivity contribution in [3.63, 3.8) is 0 Å². The largest absolute Gasteiger partial charge is 0.506 e. The number of phenolic OH excluding ortho intramolecular Hbond substituents is 1. The van der Waals surface area contributed by atoms with Gasteiger partial charge in [0.2, 0.25) is 0 Å². The molecule has 1 fully saturated rings. The zero-order valence-corrected chi connectivity index (χ0v) is 14.0. The van der Waals surface area contributed by atoms with E-state index in [9.17, 15) is 5.11 Å². The zero-order valence-electron chi connectivity index (χ0n) is 14.0. The molecule has 1 aliphatic rings. The van der Waals surface area contributed by atoms with Crippen LogP contribution in [0, 0.1) is 34.5 Å². The maximum atomic E-state index is 10.3. The molecule has 0 amide bonds. The molecular weight excluding hydrogens is 284 g/mol. The minimum Gasteiger partial charge on any atom is -0.506 e. The van der Waals surface area contributed by atoms with Crippen molar-refractivity contribution in [1.29, 1.82) is 10.5 Å². The molecule has 0 spiro atoms. The summed E-state index contributed by atoms with van der Waals surface area (Å²) < 4.78 is 0. The maximum absolute atomic E-state index is 10.3. The fourth-order valence-electron chi connectivity index (χ4n) is 3.72. The van der Waals surface area contributed by atoms with E-state index >= 15 is 0 Å². The van der Waals surface area contributed by atoms with Gasteiger partial charge in [0.25, 0.3) is 0 Å². The molecule has 0 saturated heterocycles. The number of hydrogen-bond donors (Lipinski definition) is 1. The predicted molar refractivity (Wildman–Crippen MR) is 90.8 cm³/mol. The summed E-state index contributed by atoms with van der Waals surface area (Å²) in [4.78, 5) is 0. The van der Waals surface area contributed by atoms with E-state index in [2.05, 4.69) is 6.92 Å². The molecule has 1 saturated carbocycles. The van der Waals surface area contributed by atoms with E-state index in [0.717, 1.165) is 17.9 Å². The van der Waals surface area contributed by atoms with Crippen LogP contribution in [0.3, 0.4) is 0 Å². The molecule has 0 unspecified atom stereocenters. The standard InChI is InChI=1S/C20H26N2O/c1-2-3-4-5-15-6-8-16(9-7-15)12-17-10-11-18(13-21)19(14-22)20(17)23/h10-11,15-16,23H,2-9,12H2,1H3. The Hall–Kier alpha value is -2.00. The Morgan fingerprint density at radius 2 is 1.74 bits per heavy atom. The van der Waals surface area contributed by atoms with Crippen LogP contribution in [0.15, 0.2) is 12.1 Å². The lowest BCUT2D eigenvalue weighted by Gasteiger charge is -2.28. The monoisotopic (exact) mass is 310 g/mol. The van der Waals surface area contributed by atoms with Gasteiger partial charge >= 0.3 is 0 Å². The number of rotatable bonds is 6. The van der Waals surface area contributed by atoms with Gasteiger partial charge in [-0.05, 0) is 42.7 Å². The van der Waals surface area contributed by atoms with Crippen molar-refractivity contribution in [2.45, 2.75) is 64.7 Å². The highest BCUT2D eigenvalue weighted by Crippen LogP contribution is 2.36. The number of hydrogen-bond acceptors (Lipinski definition) is 3. The lowest BCUT2D eigenvalue weighted by Crippen LogP contribution is -2.16. The third-order valence-electron chi connectivity index (χ3n) is 5.18. The van der Waals surface area contributed by atoms with E-state index in [1.807, 2.05) is 18.2 Å². The van der Waals surface area contributed by atoms with Crippen molar-refractivity contribution in [2.24, 2.45) is 11.8 Å². The van der Waals surface area contributed by atoms with E-state index in [-0.39, 0.29) is 16.9 Å². The molecule has 0 aromatic heterocycles. The Bertz CT molecular complexity index is 601. The van der Waals surface area contributed by atoms with Gasteiger partial charge in [0, 0.05) is 0 Å². The number of unbranched alkanes of at least 4 members (excludes halogenated alkanes) is 2. The first-order valence-corrected chi connectivity index (χ1v) is 8.84. The van der Waals surface area contributed by atoms with E-state index < -0.39 is 0 Å². The van der Waals surface area contributed by atoms with Gasteiger partial charge in [-0.2, -0.15) is 10.5 Å². The summed E-state index contributed by atoms with van der Waals surface area (Å²) in [5.41, 5.74) is 1.20. The summed E-state index contributed by atoms with van der Waals surface area (Å²) in [5, 5.41) is 28.4. The normalized spacial score (nSPS) is 20.7. The second-order valence-electron chi connectivity index (χ2n) is 6.81. The second kappa shape index (κ2) is 8.59. The number of nitriles is 2. The lowest BCUT2D eigenvalue weighted by molar-refractivity contribution is 0.256. The first kappa shape index (κ1) is 17.4. The third kappa shape index (κ3) is 4.49. The molecule has 1 aromatic rings. The fourth-order valence-corrected chi connectivity index (χ4v) is 3.72. The van der Waals surface area contributed by atoms with Crippen molar-refractivity contribution >= 4 is 0 Å². The van der Waals surface area contributed by atoms with Crippen LogP contribution in [-0.2, 0) is 6.42 Å². The van der Waals surface area contributed by atoms with Crippen LogP contribution in [0.4, 0.5) is 0 Å². The molecule has 1 aliphatic carbocycles. The maximum Gasteiger partial charge on any atom is 0.137 e. The van der Waals surface area contributed by atoms with Gasteiger partial charge in [0.1, 0.15) is 23.5 Å². The highest BCUT2D eigenvalue weighted by Gasteiger charge is 2.23. The van der Waals surface area contributed by atoms with Crippen molar-refractivity contribution in [2.75, 3.05) is 0 Å². The quantitative estimate of drug-likeness (QED) is 0.746. The lowest BCUT2D eigenvalue weighted by atomic mass is 9.77. The molecule has 0 radical (unpaired) electrons. The summed E-state index contributed by atoms with van der Waals surface area (Å²) in [7, 11) is 0.